The van der Waals surface area contributed by atoms with Crippen LogP contribution in [-0.4, -0.2) is 17.1 Å². The molecule has 110 valence electrons. The van der Waals surface area contributed by atoms with Crippen molar-refractivity contribution >= 4 is 5.69 Å². The highest BCUT2D eigenvalue weighted by atomic mass is 19.1. The molecule has 0 saturated heterocycles. The molecule has 2 aromatic carbocycles. The topological polar surface area (TPSA) is 81.8 Å². The van der Waals surface area contributed by atoms with Crippen LogP contribution in [0, 0.1) is 15.9 Å². The van der Waals surface area contributed by atoms with E-state index >= 15 is 0 Å². The number of benzene rings is 2. The van der Waals surface area contributed by atoms with E-state index < -0.39 is 17.3 Å². The van der Waals surface area contributed by atoms with Crippen LogP contribution in [0.2, 0.25) is 0 Å². The van der Waals surface area contributed by atoms with E-state index in [1.165, 1.54) is 37.4 Å². The Labute approximate surface area is 119 Å². The van der Waals surface area contributed by atoms with Crippen LogP contribution in [0.3, 0.4) is 0 Å². The molecule has 0 saturated carbocycles. The third kappa shape index (κ3) is 3.09. The summed E-state index contributed by atoms with van der Waals surface area (Å²) >= 11 is 0. The first-order chi connectivity index (χ1) is 10.1. The first-order valence-corrected chi connectivity index (χ1v) is 5.95. The summed E-state index contributed by atoms with van der Waals surface area (Å²) in [6.45, 7) is -0.411. The van der Waals surface area contributed by atoms with Gasteiger partial charge in [0.25, 0.3) is 0 Å². The number of aliphatic hydroxyl groups is 1. The Morgan fingerprint density at radius 3 is 2.71 bits per heavy atom. The first-order valence-electron chi connectivity index (χ1n) is 5.95. The fourth-order valence-electron chi connectivity index (χ4n) is 1.79. The molecule has 2 aromatic rings. The van der Waals surface area contributed by atoms with E-state index in [1.807, 2.05) is 0 Å². The third-order valence-corrected chi connectivity index (χ3v) is 2.79. The van der Waals surface area contributed by atoms with E-state index in [9.17, 15) is 19.6 Å². The first kappa shape index (κ1) is 14.7. The zero-order valence-corrected chi connectivity index (χ0v) is 11.1. The van der Waals surface area contributed by atoms with Crippen LogP contribution in [0.15, 0.2) is 36.4 Å². The van der Waals surface area contributed by atoms with Crippen LogP contribution < -0.4 is 9.47 Å². The molecule has 0 aliphatic carbocycles. The molecule has 6 nitrogen and oxygen atoms in total. The number of methoxy groups -OCH3 is 1. The van der Waals surface area contributed by atoms with Gasteiger partial charge in [-0.2, -0.15) is 0 Å². The zero-order valence-electron chi connectivity index (χ0n) is 11.1. The predicted octanol–water partition coefficient (Wildman–Crippen LogP) is 3.03. The summed E-state index contributed by atoms with van der Waals surface area (Å²) in [5.74, 6) is -0.690. The van der Waals surface area contributed by atoms with Crippen molar-refractivity contribution < 1.29 is 23.9 Å². The van der Waals surface area contributed by atoms with Crippen molar-refractivity contribution in [3.63, 3.8) is 0 Å². The molecule has 7 heteroatoms. The summed E-state index contributed by atoms with van der Waals surface area (Å²) in [6, 6.07) is 8.01. The van der Waals surface area contributed by atoms with Crippen molar-refractivity contribution in [3.05, 3.63) is 57.9 Å². The summed E-state index contributed by atoms with van der Waals surface area (Å²) in [5.41, 5.74) is -0.0506. The number of halogens is 1. The standard InChI is InChI=1S/C14H12FNO5/c1-20-13-6-5-10(7-12(13)16(18)19)21-14-9(8-17)3-2-4-11(14)15/h2-7,17H,8H2,1H3. The van der Waals surface area contributed by atoms with E-state index in [-0.39, 0.29) is 28.5 Å². The van der Waals surface area contributed by atoms with Gasteiger partial charge in [-0.15, -0.1) is 0 Å². The van der Waals surface area contributed by atoms with Crippen LogP contribution in [-0.2, 0) is 6.61 Å². The van der Waals surface area contributed by atoms with E-state index in [4.69, 9.17) is 9.47 Å². The van der Waals surface area contributed by atoms with Gasteiger partial charge in [0.2, 0.25) is 0 Å². The van der Waals surface area contributed by atoms with E-state index in [0.29, 0.717) is 0 Å². The van der Waals surface area contributed by atoms with Gasteiger partial charge >= 0.3 is 5.69 Å². The Kier molecular flexibility index (Phi) is 4.34. The number of rotatable bonds is 5. The number of nitrogens with zero attached hydrogens (tertiary/aromatic N) is 1. The molecule has 0 aromatic heterocycles. The Bertz CT molecular complexity index is 674. The van der Waals surface area contributed by atoms with Crippen molar-refractivity contribution in [3.8, 4) is 17.2 Å². The number of aliphatic hydroxyl groups excluding tert-OH is 1. The molecule has 0 aliphatic rings. The largest absolute Gasteiger partial charge is 0.490 e. The van der Waals surface area contributed by atoms with E-state index in [0.717, 1.165) is 6.07 Å². The molecular formula is C14H12FNO5. The van der Waals surface area contributed by atoms with E-state index in [1.54, 1.807) is 0 Å². The van der Waals surface area contributed by atoms with Crippen LogP contribution in [0.5, 0.6) is 17.2 Å². The molecule has 21 heavy (non-hydrogen) atoms. The maximum absolute atomic E-state index is 13.7. The second kappa shape index (κ2) is 6.19. The lowest BCUT2D eigenvalue weighted by atomic mass is 10.2. The third-order valence-electron chi connectivity index (χ3n) is 2.79. The van der Waals surface area contributed by atoms with Crippen molar-refractivity contribution in [2.45, 2.75) is 6.61 Å². The quantitative estimate of drug-likeness (QED) is 0.677. The molecule has 0 spiro atoms. The maximum Gasteiger partial charge on any atom is 0.314 e. The van der Waals surface area contributed by atoms with E-state index in [2.05, 4.69) is 0 Å². The van der Waals surface area contributed by atoms with Gasteiger partial charge in [0.05, 0.1) is 24.7 Å². The SMILES string of the molecule is COc1ccc(Oc2c(F)cccc2CO)cc1[N+](=O)[O-]. The zero-order chi connectivity index (χ0) is 15.4. The molecule has 0 radical (unpaired) electrons. The molecule has 0 amide bonds. The summed E-state index contributed by atoms with van der Waals surface area (Å²) in [6.07, 6.45) is 0. The average Bonchev–Trinajstić information content (AvgIpc) is 2.49. The van der Waals surface area contributed by atoms with Gasteiger partial charge in [-0.25, -0.2) is 4.39 Å². The molecular weight excluding hydrogens is 281 g/mol. The number of hydrogen-bond donors (Lipinski definition) is 1. The number of ether oxygens (including phenoxy) is 2. The summed E-state index contributed by atoms with van der Waals surface area (Å²) in [5, 5.41) is 20.1. The second-order valence-electron chi connectivity index (χ2n) is 4.08. The van der Waals surface area contributed by atoms with Gasteiger partial charge in [-0.3, -0.25) is 10.1 Å². The Hall–Kier alpha value is -2.67. The Morgan fingerprint density at radius 1 is 1.33 bits per heavy atom. The highest BCUT2D eigenvalue weighted by Crippen LogP contribution is 2.34. The minimum atomic E-state index is -0.667. The highest BCUT2D eigenvalue weighted by molar-refractivity contribution is 5.52. The normalized spacial score (nSPS) is 10.2. The Morgan fingerprint density at radius 2 is 2.10 bits per heavy atom. The molecule has 0 fully saturated rings. The minimum absolute atomic E-state index is 0.0716. The molecule has 1 N–H and O–H groups in total. The van der Waals surface area contributed by atoms with Crippen LogP contribution in [0.4, 0.5) is 10.1 Å². The van der Waals surface area contributed by atoms with Gasteiger partial charge < -0.3 is 14.6 Å². The monoisotopic (exact) mass is 293 g/mol. The lowest BCUT2D eigenvalue weighted by Gasteiger charge is -2.11. The number of hydrogen-bond acceptors (Lipinski definition) is 5. The van der Waals surface area contributed by atoms with Gasteiger partial charge in [0.1, 0.15) is 5.75 Å². The lowest BCUT2D eigenvalue weighted by molar-refractivity contribution is -0.385. The van der Waals surface area contributed by atoms with Crippen molar-refractivity contribution in [1.29, 1.82) is 0 Å². The molecule has 0 heterocycles. The Balaban J connectivity index is 2.41. The molecule has 0 bridgehead atoms. The molecule has 0 atom stereocenters. The molecule has 0 unspecified atom stereocenters. The van der Waals surface area contributed by atoms with Gasteiger partial charge in [-0.1, -0.05) is 12.1 Å². The maximum atomic E-state index is 13.7. The van der Waals surface area contributed by atoms with Crippen molar-refractivity contribution in [2.75, 3.05) is 7.11 Å². The average molecular weight is 293 g/mol. The van der Waals surface area contributed by atoms with Gasteiger partial charge in [0, 0.05) is 5.56 Å². The minimum Gasteiger partial charge on any atom is -0.490 e. The molecule has 0 aliphatic heterocycles. The summed E-state index contributed by atoms with van der Waals surface area (Å²) in [7, 11) is 1.31. The van der Waals surface area contributed by atoms with Gasteiger partial charge in [0.15, 0.2) is 17.3 Å². The highest BCUT2D eigenvalue weighted by Gasteiger charge is 2.17. The number of nitro groups is 1. The smallest absolute Gasteiger partial charge is 0.314 e. The van der Waals surface area contributed by atoms with Crippen LogP contribution in [0.1, 0.15) is 5.56 Å². The number of nitro benzene ring substituents is 1. The van der Waals surface area contributed by atoms with Crippen LogP contribution in [0.25, 0.3) is 0 Å². The van der Waals surface area contributed by atoms with Crippen molar-refractivity contribution in [1.82, 2.24) is 0 Å². The second-order valence-corrected chi connectivity index (χ2v) is 4.08. The fourth-order valence-corrected chi connectivity index (χ4v) is 1.79. The predicted molar refractivity (Wildman–Crippen MR) is 72.0 cm³/mol. The summed E-state index contributed by atoms with van der Waals surface area (Å²) < 4.78 is 23.9. The summed E-state index contributed by atoms with van der Waals surface area (Å²) in [4.78, 5) is 10.3. The number of para-hydroxylation sites is 1. The molecule has 2 rings (SSSR count). The fraction of sp³-hybridized carbons (Fsp3) is 0.143. The van der Waals surface area contributed by atoms with Gasteiger partial charge in [-0.05, 0) is 18.2 Å². The van der Waals surface area contributed by atoms with Crippen LogP contribution >= 0.6 is 0 Å². The van der Waals surface area contributed by atoms with Crippen molar-refractivity contribution in [2.24, 2.45) is 0 Å². The lowest BCUT2D eigenvalue weighted by Crippen LogP contribution is -1.97.